The topological polar surface area (TPSA) is 249 Å². The number of hydrogen-bond donors (Lipinski definition) is 1. The van der Waals surface area contributed by atoms with Crippen molar-refractivity contribution >= 4 is 52.0 Å². The van der Waals surface area contributed by atoms with Gasteiger partial charge in [-0.05, 0) is 176 Å². The molecule has 0 radical (unpaired) electrons. The van der Waals surface area contributed by atoms with E-state index in [-0.39, 0.29) is 29.9 Å². The highest BCUT2D eigenvalue weighted by atomic mass is 16.6. The van der Waals surface area contributed by atoms with E-state index < -0.39 is 23.1 Å². The molecule has 2 N–H and O–H groups in total. The number of carbonyl (C=O) groups excluding carboxylic acids is 4. The molecule has 23 nitrogen and oxygen atoms in total. The Morgan fingerprint density at radius 2 is 0.931 bits per heavy atom. The molecular weight excluding hydrogens is 1290 g/mol. The van der Waals surface area contributed by atoms with Crippen LogP contribution >= 0.6 is 0 Å². The summed E-state index contributed by atoms with van der Waals surface area (Å²) in [6.45, 7) is 25.7. The molecule has 0 aliphatic carbocycles. The average Bonchev–Trinajstić information content (AvgIpc) is 0.797. The first-order chi connectivity index (χ1) is 47.9. The van der Waals surface area contributed by atoms with E-state index in [9.17, 15) is 24.0 Å². The molecule has 0 unspecified atom stereocenters. The average molecular weight is 1390 g/mol. The summed E-state index contributed by atoms with van der Waals surface area (Å²) in [6, 6.07) is 35.5. The van der Waals surface area contributed by atoms with E-state index in [4.69, 9.17) is 58.2 Å². The molecule has 3 fully saturated rings. The Labute approximate surface area is 592 Å². The van der Waals surface area contributed by atoms with Crippen LogP contribution in [0.2, 0.25) is 0 Å². The molecule has 3 aliphatic heterocycles. The number of rotatable bonds is 14. The Kier molecular flexibility index (Phi) is 29.4. The summed E-state index contributed by atoms with van der Waals surface area (Å²) in [7, 11) is 9.58. The first-order valence-electron chi connectivity index (χ1n) is 33.1. The van der Waals surface area contributed by atoms with Crippen molar-refractivity contribution in [3.05, 3.63) is 159 Å². The number of methoxy groups -OCH3 is 6. The number of ether oxygens (including phenoxy) is 10. The first-order valence-corrected chi connectivity index (χ1v) is 33.1. The van der Waals surface area contributed by atoms with Crippen LogP contribution in [0.4, 0.5) is 26.7 Å². The Bertz CT molecular complexity index is 4120. The van der Waals surface area contributed by atoms with Crippen LogP contribution in [0.5, 0.6) is 34.5 Å². The van der Waals surface area contributed by atoms with E-state index in [0.717, 1.165) is 71.3 Å². The Hall–Kier alpha value is -10.8. The maximum absolute atomic E-state index is 12.8. The highest BCUT2D eigenvalue weighted by molar-refractivity contribution is 5.95. The number of nitrogens with zero attached hydrogens (tertiary/aromatic N) is 5. The van der Waals surface area contributed by atoms with Gasteiger partial charge in [-0.3, -0.25) is 0 Å². The fourth-order valence-electron chi connectivity index (χ4n) is 10.8. The molecule has 1 aromatic heterocycles. The predicted molar refractivity (Wildman–Crippen MR) is 391 cm³/mol. The maximum atomic E-state index is 12.8. The van der Waals surface area contributed by atoms with Gasteiger partial charge in [-0.1, -0.05) is 29.9 Å². The highest BCUT2D eigenvalue weighted by Crippen LogP contribution is 2.34. The maximum Gasteiger partial charge on any atom is 0.410 e. The smallest absolute Gasteiger partial charge is 0.410 e. The lowest BCUT2D eigenvalue weighted by atomic mass is 10.0. The number of benzene rings is 6. The van der Waals surface area contributed by atoms with E-state index in [1.807, 2.05) is 115 Å². The van der Waals surface area contributed by atoms with Crippen LogP contribution in [0.25, 0.3) is 22.1 Å². The van der Waals surface area contributed by atoms with E-state index >= 15 is 0 Å². The van der Waals surface area contributed by atoms with Crippen molar-refractivity contribution in [1.82, 2.24) is 15.1 Å². The van der Waals surface area contributed by atoms with Gasteiger partial charge in [0.1, 0.15) is 17.0 Å². The van der Waals surface area contributed by atoms with Crippen LogP contribution in [0.15, 0.2) is 124 Å². The largest absolute Gasteiger partial charge is 0.870 e. The number of piperazine rings is 3. The summed E-state index contributed by atoms with van der Waals surface area (Å²) in [6.07, 6.45) is 4.88. The summed E-state index contributed by atoms with van der Waals surface area (Å²) in [5, 5.41) is 4.78. The zero-order valence-corrected chi connectivity index (χ0v) is 60.7. The van der Waals surface area contributed by atoms with Gasteiger partial charge in [-0.2, -0.15) is 0 Å². The van der Waals surface area contributed by atoms with Gasteiger partial charge in [-0.25, -0.2) is 24.0 Å². The lowest BCUT2D eigenvalue weighted by Crippen LogP contribution is -2.50. The third kappa shape index (κ3) is 22.4. The van der Waals surface area contributed by atoms with Gasteiger partial charge in [0.25, 0.3) is 0 Å². The molecule has 0 bridgehead atoms. The summed E-state index contributed by atoms with van der Waals surface area (Å²) >= 11 is 0. The standard InChI is InChI=1S/C28H34N2O6.C21H22N2O4.C20H26N2O4.C9H12O2.H2O/c1-7-35-26(31)23-19-22(29-14-16-30(17-15-29)27(32)36-28(2,3)4)12-11-21(23)10-8-20-9-13-24(33-5)25(18-20)34-6;1-25-18-6-4-15(12-20(18)26-2)19-11-14-3-5-16(13-17(14)21(24)27-19)23-9-7-22-8-10-23;1-6-15-8-9-16(14-17(15)18(23)25-7-2)21-10-12-22(13-11-21)19(24)26-20(3,4)5;1-7-4-5-8(10-2)9(6-7)11-3;/h9,11-13,18-19H,7,14-17H2,1-6H3;3-6,11-13,22H,7-10H2,1-2H3;1,8-9,14H,7,10-13H2,2-5H3;4-6H,1-3H3;1H2/p-1. The Balaban J connectivity index is 0.000000223. The summed E-state index contributed by atoms with van der Waals surface area (Å²) in [4.78, 5) is 72.0. The molecule has 540 valence electrons. The minimum atomic E-state index is -0.531. The summed E-state index contributed by atoms with van der Waals surface area (Å²) in [5.41, 5.74) is 5.96. The summed E-state index contributed by atoms with van der Waals surface area (Å²) in [5.74, 6) is 12.3. The lowest BCUT2D eigenvalue weighted by Gasteiger charge is -2.36. The van der Waals surface area contributed by atoms with Crippen molar-refractivity contribution in [1.29, 1.82) is 0 Å². The Morgan fingerprint density at radius 1 is 0.495 bits per heavy atom. The number of anilines is 3. The minimum absolute atomic E-state index is 0. The quantitative estimate of drug-likeness (QED) is 0.0603. The number of carbonyl (C=O) groups is 4. The van der Waals surface area contributed by atoms with Crippen molar-refractivity contribution in [2.24, 2.45) is 0 Å². The molecule has 3 saturated heterocycles. The van der Waals surface area contributed by atoms with Crippen molar-refractivity contribution in [2.45, 2.75) is 73.5 Å². The number of terminal acetylenes is 1. The number of nitrogens with one attached hydrogen (secondary N) is 1. The predicted octanol–water partition coefficient (Wildman–Crippen LogP) is 12.0. The van der Waals surface area contributed by atoms with Crippen LogP contribution < -0.4 is 54.1 Å². The number of esters is 2. The van der Waals surface area contributed by atoms with Crippen LogP contribution in [0.1, 0.15) is 98.4 Å². The second-order valence-electron chi connectivity index (χ2n) is 25.1. The SMILES string of the molecule is C#Cc1ccc(N2CCN(C(=O)OC(C)(C)C)CC2)cc1C(=O)OCC.CCOC(=O)c1cc(N2CCN(C(=O)OC(C)(C)C)CC2)ccc1C#Cc1ccc(OC)c(OC)c1.COc1ccc(-c2cc3ccc(N4CCNCC4)cc3c(=O)o2)cc1OC.COc1ccc(C)cc1OC.[OH-]. The molecule has 0 saturated carbocycles. The third-order valence-electron chi connectivity index (χ3n) is 15.9. The van der Waals surface area contributed by atoms with Gasteiger partial charge < -0.3 is 87.1 Å². The van der Waals surface area contributed by atoms with Crippen molar-refractivity contribution in [3.8, 4) is 70.0 Å². The first kappa shape index (κ1) is 79.2. The number of amides is 2. The second-order valence-corrected chi connectivity index (χ2v) is 25.1. The van der Waals surface area contributed by atoms with Gasteiger partial charge in [0.2, 0.25) is 0 Å². The molecule has 6 aromatic carbocycles. The highest BCUT2D eigenvalue weighted by Gasteiger charge is 2.29. The van der Waals surface area contributed by atoms with E-state index in [1.165, 1.54) is 5.56 Å². The lowest BCUT2D eigenvalue weighted by molar-refractivity contribution is 0.0230. The molecule has 4 heterocycles. The van der Waals surface area contributed by atoms with Crippen LogP contribution in [-0.2, 0) is 18.9 Å². The van der Waals surface area contributed by atoms with Crippen LogP contribution in [0.3, 0.4) is 0 Å². The van der Waals surface area contributed by atoms with E-state index in [2.05, 4.69) is 43.8 Å². The third-order valence-corrected chi connectivity index (χ3v) is 15.9. The van der Waals surface area contributed by atoms with E-state index in [0.29, 0.717) is 115 Å². The fraction of sp³-hybridized carbons (Fsp3) is 0.397. The normalized spacial score (nSPS) is 13.4. The van der Waals surface area contributed by atoms with Gasteiger partial charge >= 0.3 is 29.8 Å². The number of hydrogen-bond acceptors (Lipinski definition) is 21. The molecule has 7 aromatic rings. The van der Waals surface area contributed by atoms with Crippen LogP contribution in [-0.4, -0.2) is 185 Å². The zero-order valence-electron chi connectivity index (χ0n) is 60.7. The molecule has 23 heteroatoms. The summed E-state index contributed by atoms with van der Waals surface area (Å²) < 4.78 is 58.3. The molecule has 10 rings (SSSR count). The minimum Gasteiger partial charge on any atom is -0.870 e. The monoisotopic (exact) mass is 1390 g/mol. The van der Waals surface area contributed by atoms with Gasteiger partial charge in [0.05, 0.1) is 72.4 Å². The molecule has 0 atom stereocenters. The van der Waals surface area contributed by atoms with Gasteiger partial charge in [0.15, 0.2) is 34.5 Å². The second kappa shape index (κ2) is 37.4. The van der Waals surface area contributed by atoms with Crippen molar-refractivity contribution in [2.75, 3.05) is 149 Å². The van der Waals surface area contributed by atoms with Gasteiger partial charge in [0, 0.05) is 118 Å². The van der Waals surface area contributed by atoms with E-state index in [1.54, 1.807) is 109 Å². The van der Waals surface area contributed by atoms with Crippen LogP contribution in [0, 0.1) is 31.1 Å². The van der Waals surface area contributed by atoms with Gasteiger partial charge in [-0.15, -0.1) is 6.42 Å². The fourth-order valence-corrected chi connectivity index (χ4v) is 10.8. The molecule has 2 amide bonds. The zero-order chi connectivity index (χ0) is 72.7. The number of aryl methyl sites for hydroxylation is 1. The number of fused-ring (bicyclic) bond motifs is 1. The van der Waals surface area contributed by atoms with Crippen molar-refractivity contribution < 1.29 is 76.4 Å². The molecular formula is C78H95N6O17-. The molecule has 101 heavy (non-hydrogen) atoms. The molecule has 3 aliphatic rings. The molecule has 0 spiro atoms. The van der Waals surface area contributed by atoms with Crippen molar-refractivity contribution in [3.63, 3.8) is 0 Å². The Morgan fingerprint density at radius 3 is 1.42 bits per heavy atom.